The Balaban J connectivity index is 0.00000264. The number of benzene rings is 1. The summed E-state index contributed by atoms with van der Waals surface area (Å²) in [6, 6.07) is 3.36. The fourth-order valence-corrected chi connectivity index (χ4v) is 4.38. The molecule has 2 rings (SSSR count). The molecule has 130 valence electrons. The maximum absolute atomic E-state index is 12.4. The Morgan fingerprint density at radius 2 is 2.13 bits per heavy atom. The number of sulfonamides is 1. The molecule has 0 spiro atoms. The molecule has 0 saturated carbocycles. The minimum Gasteiger partial charge on any atom is -0.325 e. The van der Waals surface area contributed by atoms with Gasteiger partial charge in [0.25, 0.3) is 0 Å². The van der Waals surface area contributed by atoms with E-state index in [4.69, 9.17) is 0 Å². The standard InChI is InChI=1S/C14H20BrN3O3S.ClH/c1-9-6-13(18-10(2)19)12(15)7-14(9)22(20,21)17-8-11-4-3-5-16-11;/h6-7,11,16-17H,3-5,8H2,1-2H3,(H,18,19);1H. The summed E-state index contributed by atoms with van der Waals surface area (Å²) in [6.07, 6.45) is 2.05. The Labute approximate surface area is 151 Å². The van der Waals surface area contributed by atoms with E-state index in [1.807, 2.05) is 0 Å². The van der Waals surface area contributed by atoms with Crippen LogP contribution in [0.4, 0.5) is 5.69 Å². The molecule has 0 bridgehead atoms. The van der Waals surface area contributed by atoms with Crippen LogP contribution in [0.25, 0.3) is 0 Å². The van der Waals surface area contributed by atoms with Crippen molar-refractivity contribution in [1.82, 2.24) is 10.0 Å². The van der Waals surface area contributed by atoms with Crippen LogP contribution in [0.1, 0.15) is 25.3 Å². The van der Waals surface area contributed by atoms with Crippen LogP contribution in [0.2, 0.25) is 0 Å². The van der Waals surface area contributed by atoms with Crippen LogP contribution in [-0.4, -0.2) is 33.5 Å². The largest absolute Gasteiger partial charge is 0.325 e. The SMILES string of the molecule is CC(=O)Nc1cc(C)c(S(=O)(=O)NCC2CCCN2)cc1Br.Cl. The summed E-state index contributed by atoms with van der Waals surface area (Å²) in [6.45, 7) is 4.43. The van der Waals surface area contributed by atoms with Gasteiger partial charge in [-0.25, -0.2) is 13.1 Å². The molecule has 0 aliphatic carbocycles. The summed E-state index contributed by atoms with van der Waals surface area (Å²) in [5.41, 5.74) is 1.14. The van der Waals surface area contributed by atoms with E-state index in [1.54, 1.807) is 13.0 Å². The summed E-state index contributed by atoms with van der Waals surface area (Å²) in [5.74, 6) is -0.207. The fraction of sp³-hybridized carbons (Fsp3) is 0.500. The average Bonchev–Trinajstić information content (AvgIpc) is 2.93. The molecule has 3 N–H and O–H groups in total. The molecule has 1 fully saturated rings. The zero-order valence-electron chi connectivity index (χ0n) is 13.0. The molecule has 1 aliphatic heterocycles. The number of hydrogen-bond acceptors (Lipinski definition) is 4. The van der Waals surface area contributed by atoms with E-state index in [1.165, 1.54) is 13.0 Å². The van der Waals surface area contributed by atoms with Gasteiger partial charge in [-0.3, -0.25) is 4.79 Å². The molecule has 1 heterocycles. The average molecular weight is 427 g/mol. The van der Waals surface area contributed by atoms with E-state index >= 15 is 0 Å². The Kier molecular flexibility index (Phi) is 7.47. The van der Waals surface area contributed by atoms with Crippen LogP contribution in [0.3, 0.4) is 0 Å². The van der Waals surface area contributed by atoms with E-state index < -0.39 is 10.0 Å². The number of carbonyl (C=O) groups excluding carboxylic acids is 1. The van der Waals surface area contributed by atoms with Crippen LogP contribution < -0.4 is 15.4 Å². The van der Waals surface area contributed by atoms with Gasteiger partial charge in [-0.2, -0.15) is 0 Å². The first kappa shape index (κ1) is 20.4. The lowest BCUT2D eigenvalue weighted by Crippen LogP contribution is -2.37. The maximum Gasteiger partial charge on any atom is 0.240 e. The summed E-state index contributed by atoms with van der Waals surface area (Å²) in [4.78, 5) is 11.4. The Bertz CT molecular complexity index is 676. The van der Waals surface area contributed by atoms with Gasteiger partial charge in [-0.05, 0) is 59.9 Å². The molecule has 1 amide bonds. The molecule has 1 aromatic carbocycles. The normalized spacial score (nSPS) is 17.6. The molecule has 0 aromatic heterocycles. The predicted octanol–water partition coefficient (Wildman–Crippen LogP) is 2.17. The molecule has 1 aromatic rings. The number of anilines is 1. The minimum absolute atomic E-state index is 0. The third-order valence-corrected chi connectivity index (χ3v) is 5.77. The molecular weight excluding hydrogens is 406 g/mol. The molecule has 1 unspecified atom stereocenters. The first-order valence-electron chi connectivity index (χ1n) is 7.10. The number of rotatable bonds is 5. The number of hydrogen-bond donors (Lipinski definition) is 3. The van der Waals surface area contributed by atoms with Crippen molar-refractivity contribution in [3.8, 4) is 0 Å². The first-order valence-corrected chi connectivity index (χ1v) is 9.38. The third kappa shape index (κ3) is 5.42. The van der Waals surface area contributed by atoms with Gasteiger partial charge >= 0.3 is 0 Å². The number of halogens is 2. The van der Waals surface area contributed by atoms with Gasteiger partial charge in [0.15, 0.2) is 0 Å². The number of nitrogens with one attached hydrogen (secondary N) is 3. The van der Waals surface area contributed by atoms with Crippen molar-refractivity contribution in [1.29, 1.82) is 0 Å². The summed E-state index contributed by atoms with van der Waals surface area (Å²) in [5, 5.41) is 5.91. The van der Waals surface area contributed by atoms with Crippen molar-refractivity contribution in [2.24, 2.45) is 0 Å². The van der Waals surface area contributed by atoms with Gasteiger partial charge in [0.05, 0.1) is 10.6 Å². The van der Waals surface area contributed by atoms with Crippen molar-refractivity contribution in [3.63, 3.8) is 0 Å². The second kappa shape index (κ2) is 8.43. The quantitative estimate of drug-likeness (QED) is 0.673. The molecule has 6 nitrogen and oxygen atoms in total. The van der Waals surface area contributed by atoms with Crippen LogP contribution >= 0.6 is 28.3 Å². The molecule has 1 saturated heterocycles. The van der Waals surface area contributed by atoms with Crippen LogP contribution in [-0.2, 0) is 14.8 Å². The minimum atomic E-state index is -3.58. The molecule has 1 atom stereocenters. The Morgan fingerprint density at radius 3 is 2.70 bits per heavy atom. The highest BCUT2D eigenvalue weighted by molar-refractivity contribution is 9.10. The van der Waals surface area contributed by atoms with Crippen LogP contribution in [0.5, 0.6) is 0 Å². The molecule has 0 radical (unpaired) electrons. The Morgan fingerprint density at radius 1 is 1.43 bits per heavy atom. The smallest absolute Gasteiger partial charge is 0.240 e. The third-order valence-electron chi connectivity index (χ3n) is 3.55. The van der Waals surface area contributed by atoms with E-state index in [2.05, 4.69) is 31.3 Å². The molecular formula is C14H21BrClN3O3S. The molecule has 23 heavy (non-hydrogen) atoms. The van der Waals surface area contributed by atoms with Crippen molar-refractivity contribution >= 4 is 50.0 Å². The lowest BCUT2D eigenvalue weighted by molar-refractivity contribution is -0.114. The monoisotopic (exact) mass is 425 g/mol. The van der Waals surface area contributed by atoms with Gasteiger partial charge in [0, 0.05) is 24.0 Å². The number of amides is 1. The highest BCUT2D eigenvalue weighted by atomic mass is 79.9. The van der Waals surface area contributed by atoms with Crippen molar-refractivity contribution in [2.45, 2.75) is 37.6 Å². The second-order valence-electron chi connectivity index (χ2n) is 5.42. The van der Waals surface area contributed by atoms with Gasteiger partial charge in [0.1, 0.15) is 0 Å². The number of aryl methyl sites for hydroxylation is 1. The zero-order chi connectivity index (χ0) is 16.3. The van der Waals surface area contributed by atoms with Gasteiger partial charge in [-0.15, -0.1) is 12.4 Å². The first-order chi connectivity index (χ1) is 10.3. The highest BCUT2D eigenvalue weighted by Crippen LogP contribution is 2.29. The molecule has 1 aliphatic rings. The van der Waals surface area contributed by atoms with Crippen molar-refractivity contribution in [3.05, 3.63) is 22.2 Å². The second-order valence-corrected chi connectivity index (χ2v) is 8.01. The number of carbonyl (C=O) groups is 1. The summed E-state index contributed by atoms with van der Waals surface area (Å²) in [7, 11) is -3.58. The van der Waals surface area contributed by atoms with E-state index in [-0.39, 0.29) is 29.3 Å². The van der Waals surface area contributed by atoms with Crippen molar-refractivity contribution in [2.75, 3.05) is 18.4 Å². The predicted molar refractivity (Wildman–Crippen MR) is 96.6 cm³/mol. The topological polar surface area (TPSA) is 87.3 Å². The van der Waals surface area contributed by atoms with Crippen LogP contribution in [0.15, 0.2) is 21.5 Å². The fourth-order valence-electron chi connectivity index (χ4n) is 2.46. The van der Waals surface area contributed by atoms with E-state index in [9.17, 15) is 13.2 Å². The van der Waals surface area contributed by atoms with E-state index in [0.717, 1.165) is 19.4 Å². The summed E-state index contributed by atoms with van der Waals surface area (Å²) >= 11 is 3.30. The van der Waals surface area contributed by atoms with Gasteiger partial charge in [-0.1, -0.05) is 0 Å². The Hall–Kier alpha value is -0.670. The van der Waals surface area contributed by atoms with E-state index in [0.29, 0.717) is 22.3 Å². The maximum atomic E-state index is 12.4. The molecule has 9 heteroatoms. The lowest BCUT2D eigenvalue weighted by Gasteiger charge is -2.15. The van der Waals surface area contributed by atoms with Crippen LogP contribution in [0, 0.1) is 6.92 Å². The van der Waals surface area contributed by atoms with Crippen molar-refractivity contribution < 1.29 is 13.2 Å². The zero-order valence-corrected chi connectivity index (χ0v) is 16.2. The van der Waals surface area contributed by atoms with Gasteiger partial charge in [0.2, 0.25) is 15.9 Å². The van der Waals surface area contributed by atoms with Gasteiger partial charge < -0.3 is 10.6 Å². The lowest BCUT2D eigenvalue weighted by atomic mass is 10.2. The summed E-state index contributed by atoms with van der Waals surface area (Å²) < 4.78 is 28.1. The highest BCUT2D eigenvalue weighted by Gasteiger charge is 2.22.